The van der Waals surface area contributed by atoms with Crippen LogP contribution in [0, 0.1) is 6.92 Å². The number of carbonyl (C=O) groups is 1. The van der Waals surface area contributed by atoms with Crippen molar-refractivity contribution in [2.45, 2.75) is 32.2 Å². The molecule has 0 unspecified atom stereocenters. The summed E-state index contributed by atoms with van der Waals surface area (Å²) in [4.78, 5) is 35.7. The lowest BCUT2D eigenvalue weighted by molar-refractivity contribution is 0.0918. The second kappa shape index (κ2) is 8.08. The standard InChI is InChI=1S/C21H22N8O2S/c1-12-10-23-21(32-12)28-8-4-7-15(20(28)31)26-16-9-17(22-2)29-18(27-16)14(11-24-29)19(30)25-13-5-3-6-13/h4,7-11,13,22H,3,5-6H2,1-2H3,(H,25,30)(H,26,27). The largest absolute Gasteiger partial charge is 0.373 e. The molecule has 3 N–H and O–H groups in total. The van der Waals surface area contributed by atoms with Crippen LogP contribution in [0.4, 0.5) is 17.3 Å². The molecule has 32 heavy (non-hydrogen) atoms. The van der Waals surface area contributed by atoms with E-state index in [9.17, 15) is 9.59 Å². The van der Waals surface area contributed by atoms with Crippen LogP contribution in [0.3, 0.4) is 0 Å². The minimum absolute atomic E-state index is 0.197. The maximum atomic E-state index is 13.0. The van der Waals surface area contributed by atoms with Crippen molar-refractivity contribution in [1.82, 2.24) is 29.5 Å². The normalized spacial score (nSPS) is 13.7. The first-order valence-corrected chi connectivity index (χ1v) is 11.1. The summed E-state index contributed by atoms with van der Waals surface area (Å²) >= 11 is 1.44. The number of rotatable bonds is 6. The van der Waals surface area contributed by atoms with E-state index in [0.717, 1.165) is 24.1 Å². The second-order valence-corrected chi connectivity index (χ2v) is 8.86. The fraction of sp³-hybridized carbons (Fsp3) is 0.286. The molecule has 11 heteroatoms. The van der Waals surface area contributed by atoms with Gasteiger partial charge in [0.25, 0.3) is 11.5 Å². The number of nitrogens with one attached hydrogen (secondary N) is 3. The third-order valence-electron chi connectivity index (χ3n) is 5.44. The van der Waals surface area contributed by atoms with Gasteiger partial charge in [-0.3, -0.25) is 14.2 Å². The van der Waals surface area contributed by atoms with Crippen LogP contribution in [0.5, 0.6) is 0 Å². The van der Waals surface area contributed by atoms with Gasteiger partial charge in [0.15, 0.2) is 10.8 Å². The van der Waals surface area contributed by atoms with Crippen LogP contribution in [-0.4, -0.2) is 43.1 Å². The summed E-state index contributed by atoms with van der Waals surface area (Å²) in [6, 6.07) is 5.40. The van der Waals surface area contributed by atoms with E-state index in [1.807, 2.05) is 6.92 Å². The predicted molar refractivity (Wildman–Crippen MR) is 123 cm³/mol. The first-order valence-electron chi connectivity index (χ1n) is 10.3. The first kappa shape index (κ1) is 20.2. The van der Waals surface area contributed by atoms with Crippen molar-refractivity contribution in [3.63, 3.8) is 0 Å². The molecular formula is C21H22N8O2S. The average Bonchev–Trinajstić information content (AvgIpc) is 3.38. The monoisotopic (exact) mass is 450 g/mol. The predicted octanol–water partition coefficient (Wildman–Crippen LogP) is 2.71. The van der Waals surface area contributed by atoms with Crippen LogP contribution in [0.1, 0.15) is 34.5 Å². The number of aryl methyl sites for hydroxylation is 1. The molecule has 0 aliphatic heterocycles. The van der Waals surface area contributed by atoms with E-state index in [4.69, 9.17) is 0 Å². The number of pyridine rings is 1. The molecule has 1 amide bonds. The molecule has 1 fully saturated rings. The van der Waals surface area contributed by atoms with Gasteiger partial charge in [-0.2, -0.15) is 9.61 Å². The van der Waals surface area contributed by atoms with Crippen molar-refractivity contribution in [3.05, 3.63) is 57.6 Å². The maximum Gasteiger partial charge on any atom is 0.280 e. The highest BCUT2D eigenvalue weighted by Gasteiger charge is 2.23. The zero-order valence-corrected chi connectivity index (χ0v) is 18.4. The lowest BCUT2D eigenvalue weighted by Crippen LogP contribution is -2.39. The van der Waals surface area contributed by atoms with Crippen LogP contribution >= 0.6 is 11.3 Å². The molecule has 10 nitrogen and oxygen atoms in total. The van der Waals surface area contributed by atoms with Gasteiger partial charge >= 0.3 is 0 Å². The Kier molecular flexibility index (Phi) is 5.10. The topological polar surface area (TPSA) is 118 Å². The number of carbonyl (C=O) groups excluding carboxylic acids is 1. The Morgan fingerprint density at radius 1 is 1.28 bits per heavy atom. The third kappa shape index (κ3) is 3.60. The molecular weight excluding hydrogens is 428 g/mol. The Morgan fingerprint density at radius 3 is 2.81 bits per heavy atom. The molecule has 4 aromatic rings. The molecule has 0 atom stereocenters. The van der Waals surface area contributed by atoms with Crippen LogP contribution in [0.25, 0.3) is 10.8 Å². The van der Waals surface area contributed by atoms with Gasteiger partial charge < -0.3 is 16.0 Å². The Labute approximate surface area is 187 Å². The lowest BCUT2D eigenvalue weighted by Gasteiger charge is -2.26. The lowest BCUT2D eigenvalue weighted by atomic mass is 9.93. The van der Waals surface area contributed by atoms with Gasteiger partial charge in [-0.15, -0.1) is 11.3 Å². The van der Waals surface area contributed by atoms with E-state index in [0.29, 0.717) is 33.7 Å². The van der Waals surface area contributed by atoms with Gasteiger partial charge in [0.1, 0.15) is 22.9 Å². The summed E-state index contributed by atoms with van der Waals surface area (Å²) in [6.07, 6.45) is 8.04. The minimum Gasteiger partial charge on any atom is -0.373 e. The summed E-state index contributed by atoms with van der Waals surface area (Å²) in [5.74, 6) is 0.856. The fourth-order valence-electron chi connectivity index (χ4n) is 3.51. The quantitative estimate of drug-likeness (QED) is 0.413. The second-order valence-electron chi connectivity index (χ2n) is 7.65. The van der Waals surface area contributed by atoms with Gasteiger partial charge in [0, 0.05) is 36.4 Å². The number of fused-ring (bicyclic) bond motifs is 1. The molecule has 4 heterocycles. The Balaban J connectivity index is 1.51. The van der Waals surface area contributed by atoms with Crippen LogP contribution in [0.15, 0.2) is 41.6 Å². The Morgan fingerprint density at radius 2 is 2.12 bits per heavy atom. The molecule has 1 aliphatic rings. The number of amides is 1. The molecule has 0 aromatic carbocycles. The molecule has 4 aromatic heterocycles. The number of thiazole rings is 1. The molecule has 0 radical (unpaired) electrons. The molecule has 1 aliphatic carbocycles. The van der Waals surface area contributed by atoms with Gasteiger partial charge in [-0.25, -0.2) is 9.97 Å². The molecule has 0 spiro atoms. The van der Waals surface area contributed by atoms with E-state index in [2.05, 4.69) is 31.0 Å². The third-order valence-corrected chi connectivity index (χ3v) is 6.35. The number of hydrogen-bond donors (Lipinski definition) is 3. The Hall–Kier alpha value is -3.73. The molecule has 0 saturated heterocycles. The number of nitrogens with zero attached hydrogens (tertiary/aromatic N) is 5. The first-order chi connectivity index (χ1) is 15.5. The van der Waals surface area contributed by atoms with Gasteiger partial charge in [0.2, 0.25) is 0 Å². The van der Waals surface area contributed by atoms with Crippen molar-refractivity contribution in [2.24, 2.45) is 0 Å². The number of hydrogen-bond acceptors (Lipinski definition) is 8. The maximum absolute atomic E-state index is 13.0. The number of aromatic nitrogens is 5. The van der Waals surface area contributed by atoms with E-state index in [1.54, 1.807) is 42.2 Å². The molecule has 5 rings (SSSR count). The zero-order valence-electron chi connectivity index (χ0n) is 17.6. The van der Waals surface area contributed by atoms with Crippen LogP contribution in [0.2, 0.25) is 0 Å². The van der Waals surface area contributed by atoms with Crippen molar-refractivity contribution in [2.75, 3.05) is 17.7 Å². The fourth-order valence-corrected chi connectivity index (χ4v) is 4.25. The molecule has 164 valence electrons. The van der Waals surface area contributed by atoms with Crippen molar-refractivity contribution in [1.29, 1.82) is 0 Å². The summed E-state index contributed by atoms with van der Waals surface area (Å²) in [5, 5.41) is 14.1. The summed E-state index contributed by atoms with van der Waals surface area (Å²) in [5.41, 5.74) is 0.897. The van der Waals surface area contributed by atoms with Crippen molar-refractivity contribution >= 4 is 40.2 Å². The highest BCUT2D eigenvalue weighted by Crippen LogP contribution is 2.23. The summed E-state index contributed by atoms with van der Waals surface area (Å²) in [6.45, 7) is 1.94. The van der Waals surface area contributed by atoms with E-state index < -0.39 is 0 Å². The van der Waals surface area contributed by atoms with Crippen LogP contribution in [-0.2, 0) is 0 Å². The average molecular weight is 451 g/mol. The minimum atomic E-state index is -0.244. The van der Waals surface area contributed by atoms with Gasteiger partial charge in [-0.1, -0.05) is 0 Å². The van der Waals surface area contributed by atoms with E-state index >= 15 is 0 Å². The highest BCUT2D eigenvalue weighted by molar-refractivity contribution is 7.13. The smallest absolute Gasteiger partial charge is 0.280 e. The highest BCUT2D eigenvalue weighted by atomic mass is 32.1. The number of anilines is 3. The van der Waals surface area contributed by atoms with Crippen LogP contribution < -0.4 is 21.5 Å². The SMILES string of the molecule is CNc1cc(Nc2cccn(-c3ncc(C)s3)c2=O)nc2c(C(=O)NC3CCC3)cnn12. The van der Waals surface area contributed by atoms with Gasteiger partial charge in [-0.05, 0) is 38.3 Å². The van der Waals surface area contributed by atoms with Crippen molar-refractivity contribution in [3.8, 4) is 5.13 Å². The summed E-state index contributed by atoms with van der Waals surface area (Å²) < 4.78 is 3.07. The summed E-state index contributed by atoms with van der Waals surface area (Å²) in [7, 11) is 1.76. The van der Waals surface area contributed by atoms with Gasteiger partial charge in [0.05, 0.1) is 6.20 Å². The zero-order chi connectivity index (χ0) is 22.2. The van der Waals surface area contributed by atoms with E-state index in [-0.39, 0.29) is 17.5 Å². The molecule has 0 bridgehead atoms. The Bertz CT molecular complexity index is 1370. The molecule has 1 saturated carbocycles. The van der Waals surface area contributed by atoms with E-state index in [1.165, 1.54) is 22.1 Å². The van der Waals surface area contributed by atoms with Crippen molar-refractivity contribution < 1.29 is 4.79 Å².